The first kappa shape index (κ1) is 16.2. The Labute approximate surface area is 150 Å². The number of anilines is 1. The molecule has 3 aromatic rings. The molecular formula is C18H18N6O2. The molecule has 8 nitrogen and oxygen atoms in total. The van der Waals surface area contributed by atoms with Gasteiger partial charge in [-0.25, -0.2) is 9.97 Å². The summed E-state index contributed by atoms with van der Waals surface area (Å²) in [4.78, 5) is 31.1. The average molecular weight is 350 g/mol. The summed E-state index contributed by atoms with van der Waals surface area (Å²) in [5.74, 6) is 0.933. The van der Waals surface area contributed by atoms with Gasteiger partial charge in [-0.2, -0.15) is 0 Å². The lowest BCUT2D eigenvalue weighted by Gasteiger charge is -2.30. The third-order valence-electron chi connectivity index (χ3n) is 4.55. The fourth-order valence-corrected chi connectivity index (χ4v) is 3.12. The number of nitrogens with two attached hydrogens (primary N) is 1. The number of carbonyl (C=O) groups is 1. The number of furan rings is 1. The Morgan fingerprint density at radius 3 is 2.69 bits per heavy atom. The van der Waals surface area contributed by atoms with Gasteiger partial charge in [0.15, 0.2) is 5.76 Å². The van der Waals surface area contributed by atoms with E-state index in [0.717, 1.165) is 5.56 Å². The Morgan fingerprint density at radius 1 is 1.19 bits per heavy atom. The van der Waals surface area contributed by atoms with E-state index in [1.165, 1.54) is 0 Å². The first-order valence-corrected chi connectivity index (χ1v) is 8.44. The van der Waals surface area contributed by atoms with Crippen LogP contribution in [0.1, 0.15) is 12.8 Å². The standard InChI is InChI=1S/C18H18N6O2/c19-17(25)12-3-7-24(8-4-12)18-22-10-13(14-11-20-5-6-21-14)16(23-18)15-2-1-9-26-15/h1-2,5-6,9-12H,3-4,7-8H2,(H2,19,25). The molecule has 8 heteroatoms. The highest BCUT2D eigenvalue weighted by molar-refractivity contribution is 5.77. The summed E-state index contributed by atoms with van der Waals surface area (Å²) in [6.07, 6.45) is 9.68. The molecule has 1 fully saturated rings. The van der Waals surface area contributed by atoms with Crippen LogP contribution in [0.2, 0.25) is 0 Å². The fraction of sp³-hybridized carbons (Fsp3) is 0.278. The maximum Gasteiger partial charge on any atom is 0.226 e. The molecule has 1 amide bonds. The smallest absolute Gasteiger partial charge is 0.226 e. The van der Waals surface area contributed by atoms with Crippen LogP contribution < -0.4 is 10.6 Å². The van der Waals surface area contributed by atoms with Gasteiger partial charge < -0.3 is 15.1 Å². The summed E-state index contributed by atoms with van der Waals surface area (Å²) >= 11 is 0. The van der Waals surface area contributed by atoms with E-state index in [4.69, 9.17) is 15.1 Å². The first-order valence-electron chi connectivity index (χ1n) is 8.44. The summed E-state index contributed by atoms with van der Waals surface area (Å²) < 4.78 is 5.55. The van der Waals surface area contributed by atoms with Crippen LogP contribution in [-0.2, 0) is 4.79 Å². The number of hydrogen-bond acceptors (Lipinski definition) is 7. The number of piperidine rings is 1. The van der Waals surface area contributed by atoms with E-state index in [1.807, 2.05) is 12.1 Å². The second kappa shape index (κ2) is 6.91. The molecule has 0 atom stereocenters. The number of aromatic nitrogens is 4. The Hall–Kier alpha value is -3.29. The molecule has 4 heterocycles. The highest BCUT2D eigenvalue weighted by Crippen LogP contribution is 2.31. The lowest BCUT2D eigenvalue weighted by atomic mass is 9.96. The van der Waals surface area contributed by atoms with Gasteiger partial charge >= 0.3 is 0 Å². The SMILES string of the molecule is NC(=O)C1CCN(c2ncc(-c3cnccn3)c(-c3ccco3)n2)CC1. The molecule has 26 heavy (non-hydrogen) atoms. The lowest BCUT2D eigenvalue weighted by Crippen LogP contribution is -2.39. The van der Waals surface area contributed by atoms with E-state index in [2.05, 4.69) is 19.9 Å². The van der Waals surface area contributed by atoms with Crippen molar-refractivity contribution >= 4 is 11.9 Å². The van der Waals surface area contributed by atoms with E-state index in [9.17, 15) is 4.79 Å². The molecular weight excluding hydrogens is 332 g/mol. The lowest BCUT2D eigenvalue weighted by molar-refractivity contribution is -0.122. The highest BCUT2D eigenvalue weighted by atomic mass is 16.3. The third-order valence-corrected chi connectivity index (χ3v) is 4.55. The van der Waals surface area contributed by atoms with E-state index >= 15 is 0 Å². The Kier molecular flexibility index (Phi) is 4.30. The van der Waals surface area contributed by atoms with Gasteiger partial charge in [-0.05, 0) is 25.0 Å². The Balaban J connectivity index is 1.68. The molecule has 1 aliphatic heterocycles. The molecule has 1 aliphatic rings. The summed E-state index contributed by atoms with van der Waals surface area (Å²) in [6.45, 7) is 1.38. The Morgan fingerprint density at radius 2 is 2.04 bits per heavy atom. The third kappa shape index (κ3) is 3.13. The van der Waals surface area contributed by atoms with Gasteiger partial charge in [0, 0.05) is 43.2 Å². The second-order valence-corrected chi connectivity index (χ2v) is 6.16. The maximum absolute atomic E-state index is 11.4. The van der Waals surface area contributed by atoms with Crippen molar-refractivity contribution in [3.05, 3.63) is 43.2 Å². The van der Waals surface area contributed by atoms with Crippen LogP contribution in [0.4, 0.5) is 5.95 Å². The minimum atomic E-state index is -0.236. The van der Waals surface area contributed by atoms with E-state index in [0.29, 0.717) is 49.0 Å². The summed E-state index contributed by atoms with van der Waals surface area (Å²) in [5.41, 5.74) is 7.51. The molecule has 0 aliphatic carbocycles. The monoisotopic (exact) mass is 350 g/mol. The zero-order chi connectivity index (χ0) is 17.9. The molecule has 0 saturated carbocycles. The van der Waals surface area contributed by atoms with Gasteiger partial charge in [0.25, 0.3) is 0 Å². The van der Waals surface area contributed by atoms with Gasteiger partial charge in [-0.15, -0.1) is 0 Å². The van der Waals surface area contributed by atoms with Crippen LogP contribution in [0.15, 0.2) is 47.6 Å². The van der Waals surface area contributed by atoms with Crippen LogP contribution in [0.25, 0.3) is 22.7 Å². The number of rotatable bonds is 4. The second-order valence-electron chi connectivity index (χ2n) is 6.16. The van der Waals surface area contributed by atoms with Gasteiger partial charge in [0.2, 0.25) is 11.9 Å². The molecule has 3 aromatic heterocycles. The zero-order valence-electron chi connectivity index (χ0n) is 14.1. The number of carbonyl (C=O) groups excluding carboxylic acids is 1. The summed E-state index contributed by atoms with van der Waals surface area (Å²) in [6, 6.07) is 3.67. The number of hydrogen-bond donors (Lipinski definition) is 1. The molecule has 0 spiro atoms. The molecule has 0 bridgehead atoms. The molecule has 0 aromatic carbocycles. The number of amides is 1. The van der Waals surface area contributed by atoms with Gasteiger partial charge in [0.1, 0.15) is 5.69 Å². The van der Waals surface area contributed by atoms with Crippen molar-refractivity contribution in [3.63, 3.8) is 0 Å². The normalized spacial score (nSPS) is 15.2. The van der Waals surface area contributed by atoms with E-state index < -0.39 is 0 Å². The molecule has 1 saturated heterocycles. The van der Waals surface area contributed by atoms with Crippen molar-refractivity contribution in [2.45, 2.75) is 12.8 Å². The zero-order valence-corrected chi connectivity index (χ0v) is 14.1. The summed E-state index contributed by atoms with van der Waals surface area (Å²) in [7, 11) is 0. The number of nitrogens with zero attached hydrogens (tertiary/aromatic N) is 5. The van der Waals surface area contributed by atoms with Gasteiger partial charge in [0.05, 0.1) is 18.2 Å². The van der Waals surface area contributed by atoms with Crippen LogP contribution in [0.5, 0.6) is 0 Å². The molecule has 4 rings (SSSR count). The molecule has 2 N–H and O–H groups in total. The predicted octanol–water partition coefficient (Wildman–Crippen LogP) is 1.90. The van der Waals surface area contributed by atoms with Gasteiger partial charge in [-0.1, -0.05) is 0 Å². The van der Waals surface area contributed by atoms with Crippen molar-refractivity contribution < 1.29 is 9.21 Å². The van der Waals surface area contributed by atoms with Crippen LogP contribution >= 0.6 is 0 Å². The largest absolute Gasteiger partial charge is 0.463 e. The van der Waals surface area contributed by atoms with Crippen LogP contribution in [-0.4, -0.2) is 38.9 Å². The van der Waals surface area contributed by atoms with Crippen molar-refractivity contribution in [3.8, 4) is 22.7 Å². The predicted molar refractivity (Wildman–Crippen MR) is 94.9 cm³/mol. The molecule has 0 radical (unpaired) electrons. The van der Waals surface area contributed by atoms with Crippen molar-refractivity contribution in [1.29, 1.82) is 0 Å². The first-order chi connectivity index (χ1) is 12.7. The molecule has 132 valence electrons. The average Bonchev–Trinajstić information content (AvgIpc) is 3.23. The fourth-order valence-electron chi connectivity index (χ4n) is 3.12. The van der Waals surface area contributed by atoms with E-state index in [1.54, 1.807) is 31.1 Å². The van der Waals surface area contributed by atoms with Crippen molar-refractivity contribution in [2.24, 2.45) is 11.7 Å². The highest BCUT2D eigenvalue weighted by Gasteiger charge is 2.25. The van der Waals surface area contributed by atoms with Crippen LogP contribution in [0, 0.1) is 5.92 Å². The van der Waals surface area contributed by atoms with Crippen molar-refractivity contribution in [2.75, 3.05) is 18.0 Å². The van der Waals surface area contributed by atoms with Gasteiger partial charge in [-0.3, -0.25) is 14.8 Å². The molecule has 0 unspecified atom stereocenters. The minimum absolute atomic E-state index is 0.0744. The quantitative estimate of drug-likeness (QED) is 0.765. The van der Waals surface area contributed by atoms with E-state index in [-0.39, 0.29) is 11.8 Å². The van der Waals surface area contributed by atoms with Crippen molar-refractivity contribution in [1.82, 2.24) is 19.9 Å². The van der Waals surface area contributed by atoms with Crippen LogP contribution in [0.3, 0.4) is 0 Å². The maximum atomic E-state index is 11.4. The number of primary amides is 1. The Bertz CT molecular complexity index is 889. The topological polar surface area (TPSA) is 111 Å². The minimum Gasteiger partial charge on any atom is -0.463 e. The summed E-state index contributed by atoms with van der Waals surface area (Å²) in [5, 5.41) is 0.